The number of rotatable bonds is 4. The lowest BCUT2D eigenvalue weighted by Gasteiger charge is -2.18. The molecule has 1 N–H and O–H groups in total. The number of hydrogen-bond donors (Lipinski definition) is 1. The molecule has 0 amide bonds. The van der Waals surface area contributed by atoms with Crippen molar-refractivity contribution in [1.82, 2.24) is 15.5 Å². The van der Waals surface area contributed by atoms with Gasteiger partial charge < -0.3 is 9.84 Å². The summed E-state index contributed by atoms with van der Waals surface area (Å²) >= 11 is 1.74. The van der Waals surface area contributed by atoms with Gasteiger partial charge in [0.2, 0.25) is 5.89 Å². The summed E-state index contributed by atoms with van der Waals surface area (Å²) in [5.41, 5.74) is 1.28. The Hall–Kier alpha value is -1.33. The monoisotopic (exact) mass is 289 g/mol. The molecule has 0 unspecified atom stereocenters. The molecule has 4 nitrogen and oxygen atoms in total. The van der Waals surface area contributed by atoms with E-state index in [9.17, 15) is 0 Å². The Morgan fingerprint density at radius 1 is 1.35 bits per heavy atom. The quantitative estimate of drug-likeness (QED) is 0.876. The number of hydrogen-bond acceptors (Lipinski definition) is 5. The zero-order valence-electron chi connectivity index (χ0n) is 11.6. The highest BCUT2D eigenvalue weighted by Crippen LogP contribution is 2.25. The molecular formula is C15H19N3OS. The van der Waals surface area contributed by atoms with Gasteiger partial charge in [-0.3, -0.25) is 0 Å². The minimum Gasteiger partial charge on any atom is -0.339 e. The van der Waals surface area contributed by atoms with Crippen LogP contribution in [0.25, 0.3) is 0 Å². The average Bonchev–Trinajstić information content (AvgIpc) is 2.97. The van der Waals surface area contributed by atoms with Crippen molar-refractivity contribution in [2.45, 2.75) is 36.3 Å². The van der Waals surface area contributed by atoms with Crippen LogP contribution in [0.2, 0.25) is 0 Å². The molecule has 1 aliphatic heterocycles. The molecule has 0 spiro atoms. The van der Waals surface area contributed by atoms with E-state index >= 15 is 0 Å². The predicted octanol–water partition coefficient (Wildman–Crippen LogP) is 3.14. The molecular weight excluding hydrogens is 270 g/mol. The van der Waals surface area contributed by atoms with Crippen LogP contribution in [-0.4, -0.2) is 23.2 Å². The van der Waals surface area contributed by atoms with Crippen LogP contribution in [0.1, 0.15) is 36.0 Å². The Kier molecular flexibility index (Phi) is 4.38. The third-order valence-electron chi connectivity index (χ3n) is 3.52. The molecule has 1 atom stereocenters. The number of piperidine rings is 1. The molecule has 0 bridgehead atoms. The first kappa shape index (κ1) is 13.6. The van der Waals surface area contributed by atoms with Crippen LogP contribution in [0.15, 0.2) is 33.7 Å². The lowest BCUT2D eigenvalue weighted by atomic mass is 10.00. The second kappa shape index (κ2) is 6.41. The summed E-state index contributed by atoms with van der Waals surface area (Å²) in [6.45, 7) is 4.14. The number of aromatic nitrogens is 2. The third-order valence-corrected chi connectivity index (χ3v) is 4.53. The Balaban J connectivity index is 1.58. The summed E-state index contributed by atoms with van der Waals surface area (Å²) in [4.78, 5) is 5.77. The molecule has 20 heavy (non-hydrogen) atoms. The summed E-state index contributed by atoms with van der Waals surface area (Å²) in [6.07, 6.45) is 2.32. The minimum absolute atomic E-state index is 0.384. The molecule has 106 valence electrons. The summed E-state index contributed by atoms with van der Waals surface area (Å²) in [7, 11) is 0. The van der Waals surface area contributed by atoms with Gasteiger partial charge in [0.1, 0.15) is 0 Å². The van der Waals surface area contributed by atoms with E-state index in [0.717, 1.165) is 37.0 Å². The maximum Gasteiger partial charge on any atom is 0.231 e. The fourth-order valence-corrected chi connectivity index (χ4v) is 3.08. The second-order valence-corrected chi connectivity index (χ2v) is 6.24. The summed E-state index contributed by atoms with van der Waals surface area (Å²) in [5.74, 6) is 2.72. The van der Waals surface area contributed by atoms with Gasteiger partial charge in [0.25, 0.3) is 0 Å². The molecule has 0 radical (unpaired) electrons. The van der Waals surface area contributed by atoms with E-state index < -0.39 is 0 Å². The van der Waals surface area contributed by atoms with Crippen molar-refractivity contribution in [3.05, 3.63) is 41.5 Å². The van der Waals surface area contributed by atoms with Crippen molar-refractivity contribution in [3.63, 3.8) is 0 Å². The topological polar surface area (TPSA) is 51.0 Å². The Morgan fingerprint density at radius 3 is 2.95 bits per heavy atom. The van der Waals surface area contributed by atoms with Crippen molar-refractivity contribution in [1.29, 1.82) is 0 Å². The normalized spacial score (nSPS) is 19.1. The van der Waals surface area contributed by atoms with E-state index in [1.807, 2.05) is 0 Å². The fraction of sp³-hybridized carbons (Fsp3) is 0.467. The molecule has 0 saturated carbocycles. The van der Waals surface area contributed by atoms with Crippen LogP contribution < -0.4 is 5.32 Å². The van der Waals surface area contributed by atoms with Gasteiger partial charge in [0, 0.05) is 11.4 Å². The fourth-order valence-electron chi connectivity index (χ4n) is 2.34. The second-order valence-electron chi connectivity index (χ2n) is 5.19. The van der Waals surface area contributed by atoms with E-state index in [1.54, 1.807) is 11.8 Å². The van der Waals surface area contributed by atoms with Gasteiger partial charge in [0.05, 0.1) is 11.7 Å². The molecule has 2 heterocycles. The standard InChI is InChI=1S/C15H19N3OS/c1-11-4-6-13(7-5-11)20-10-14-17-15(19-18-14)12-3-2-8-16-9-12/h4-7,12,16H,2-3,8-10H2,1H3/t12-/m0/s1. The molecule has 1 aromatic carbocycles. The summed E-state index contributed by atoms with van der Waals surface area (Å²) in [5, 5.41) is 7.46. The highest BCUT2D eigenvalue weighted by atomic mass is 32.2. The molecule has 3 rings (SSSR count). The van der Waals surface area contributed by atoms with Crippen molar-refractivity contribution in [3.8, 4) is 0 Å². The number of benzene rings is 1. The predicted molar refractivity (Wildman–Crippen MR) is 79.9 cm³/mol. The van der Waals surface area contributed by atoms with Crippen molar-refractivity contribution >= 4 is 11.8 Å². The average molecular weight is 289 g/mol. The highest BCUT2D eigenvalue weighted by Gasteiger charge is 2.21. The largest absolute Gasteiger partial charge is 0.339 e. The van der Waals surface area contributed by atoms with Gasteiger partial charge in [-0.15, -0.1) is 11.8 Å². The molecule has 1 saturated heterocycles. The first-order valence-corrected chi connectivity index (χ1v) is 8.02. The summed E-state index contributed by atoms with van der Waals surface area (Å²) < 4.78 is 5.40. The Labute approximate surface area is 123 Å². The van der Waals surface area contributed by atoms with Crippen LogP contribution in [0.3, 0.4) is 0 Å². The SMILES string of the molecule is Cc1ccc(SCc2noc([C@H]3CCCNC3)n2)cc1. The maximum atomic E-state index is 5.40. The lowest BCUT2D eigenvalue weighted by Crippen LogP contribution is -2.28. The number of thioether (sulfide) groups is 1. The van der Waals surface area contributed by atoms with Crippen LogP contribution in [-0.2, 0) is 5.75 Å². The van der Waals surface area contributed by atoms with E-state index in [2.05, 4.69) is 46.6 Å². The van der Waals surface area contributed by atoms with E-state index in [-0.39, 0.29) is 0 Å². The number of aryl methyl sites for hydroxylation is 1. The smallest absolute Gasteiger partial charge is 0.231 e. The molecule has 1 aliphatic rings. The number of nitrogens with one attached hydrogen (secondary N) is 1. The molecule has 0 aliphatic carbocycles. The lowest BCUT2D eigenvalue weighted by molar-refractivity contribution is 0.320. The Morgan fingerprint density at radius 2 is 2.20 bits per heavy atom. The molecule has 1 fully saturated rings. The minimum atomic E-state index is 0.384. The first-order chi connectivity index (χ1) is 9.81. The van der Waals surface area contributed by atoms with Gasteiger partial charge in [-0.25, -0.2) is 0 Å². The highest BCUT2D eigenvalue weighted by molar-refractivity contribution is 7.98. The maximum absolute atomic E-state index is 5.40. The van der Waals surface area contributed by atoms with Gasteiger partial charge in [-0.1, -0.05) is 22.9 Å². The third kappa shape index (κ3) is 3.41. The van der Waals surface area contributed by atoms with Gasteiger partial charge >= 0.3 is 0 Å². The van der Waals surface area contributed by atoms with Crippen LogP contribution in [0, 0.1) is 6.92 Å². The van der Waals surface area contributed by atoms with E-state index in [0.29, 0.717) is 5.92 Å². The van der Waals surface area contributed by atoms with Gasteiger partial charge in [-0.05, 0) is 38.4 Å². The first-order valence-electron chi connectivity index (χ1n) is 7.04. The van der Waals surface area contributed by atoms with Crippen molar-refractivity contribution in [2.24, 2.45) is 0 Å². The van der Waals surface area contributed by atoms with Crippen LogP contribution >= 0.6 is 11.8 Å². The molecule has 1 aromatic heterocycles. The Bertz CT molecular complexity index is 547. The van der Waals surface area contributed by atoms with Crippen molar-refractivity contribution in [2.75, 3.05) is 13.1 Å². The van der Waals surface area contributed by atoms with Crippen LogP contribution in [0.4, 0.5) is 0 Å². The van der Waals surface area contributed by atoms with Gasteiger partial charge in [0.15, 0.2) is 5.82 Å². The van der Waals surface area contributed by atoms with Crippen LogP contribution in [0.5, 0.6) is 0 Å². The van der Waals surface area contributed by atoms with E-state index in [1.165, 1.54) is 16.9 Å². The summed E-state index contributed by atoms with van der Waals surface area (Å²) in [6, 6.07) is 8.51. The molecule has 2 aromatic rings. The number of nitrogens with zero attached hydrogens (tertiary/aromatic N) is 2. The van der Waals surface area contributed by atoms with Crippen molar-refractivity contribution < 1.29 is 4.52 Å². The van der Waals surface area contributed by atoms with Gasteiger partial charge in [-0.2, -0.15) is 4.98 Å². The van der Waals surface area contributed by atoms with E-state index in [4.69, 9.17) is 4.52 Å². The zero-order valence-corrected chi connectivity index (χ0v) is 12.4. The zero-order chi connectivity index (χ0) is 13.8. The molecule has 5 heteroatoms.